The van der Waals surface area contributed by atoms with E-state index >= 15 is 0 Å². The summed E-state index contributed by atoms with van der Waals surface area (Å²) in [6, 6.07) is 4.29. The predicted octanol–water partition coefficient (Wildman–Crippen LogP) is 2.42. The zero-order valence-corrected chi connectivity index (χ0v) is 17.0. The summed E-state index contributed by atoms with van der Waals surface area (Å²) in [5.74, 6) is 0.167. The Morgan fingerprint density at radius 1 is 1.25 bits per heavy atom. The van der Waals surface area contributed by atoms with Gasteiger partial charge in [-0.05, 0) is 57.7 Å². The second-order valence-electron chi connectivity index (χ2n) is 8.06. The number of aromatic nitrogens is 1. The second-order valence-corrected chi connectivity index (χ2v) is 8.06. The number of pyridine rings is 1. The number of hydrogen-bond donors (Lipinski definition) is 1. The highest BCUT2D eigenvalue weighted by atomic mass is 16.6. The molecule has 154 valence electrons. The number of ether oxygens (including phenoxy) is 1. The van der Waals surface area contributed by atoms with E-state index in [1.54, 1.807) is 17.3 Å². The third-order valence-electron chi connectivity index (χ3n) is 5.59. The zero-order chi connectivity index (χ0) is 19.9. The van der Waals surface area contributed by atoms with Gasteiger partial charge in [-0.25, -0.2) is 4.79 Å². The molecule has 28 heavy (non-hydrogen) atoms. The molecule has 3 rings (SSSR count). The first-order valence-electron chi connectivity index (χ1n) is 10.4. The molecule has 7 nitrogen and oxygen atoms in total. The van der Waals surface area contributed by atoms with Crippen molar-refractivity contribution in [3.8, 4) is 0 Å². The van der Waals surface area contributed by atoms with E-state index in [-0.39, 0.29) is 24.0 Å². The van der Waals surface area contributed by atoms with Gasteiger partial charge in [-0.1, -0.05) is 6.07 Å². The van der Waals surface area contributed by atoms with E-state index in [1.807, 2.05) is 26.0 Å². The summed E-state index contributed by atoms with van der Waals surface area (Å²) in [6.45, 7) is 7.57. The average Bonchev–Trinajstić information content (AvgIpc) is 2.72. The Balaban J connectivity index is 1.44. The Bertz CT molecular complexity index is 644. The zero-order valence-electron chi connectivity index (χ0n) is 17.0. The summed E-state index contributed by atoms with van der Waals surface area (Å²) in [5, 5.41) is 3.06. The lowest BCUT2D eigenvalue weighted by atomic mass is 9.93. The SMILES string of the molecule is CC(C)OC(=O)N1CCC(N2CCC[C@@H](C(=O)NCc3cccnc3)C2)CC1. The van der Waals surface area contributed by atoms with Crippen molar-refractivity contribution in [3.05, 3.63) is 30.1 Å². The lowest BCUT2D eigenvalue weighted by Gasteiger charge is -2.41. The largest absolute Gasteiger partial charge is 0.447 e. The fourth-order valence-corrected chi connectivity index (χ4v) is 4.08. The molecule has 0 unspecified atom stereocenters. The lowest BCUT2D eigenvalue weighted by Crippen LogP contribution is -2.51. The highest BCUT2D eigenvalue weighted by molar-refractivity contribution is 5.79. The van der Waals surface area contributed by atoms with E-state index in [1.165, 1.54) is 0 Å². The van der Waals surface area contributed by atoms with Crippen LogP contribution in [0, 0.1) is 5.92 Å². The molecule has 2 fully saturated rings. The van der Waals surface area contributed by atoms with E-state index in [0.717, 1.165) is 57.4 Å². The van der Waals surface area contributed by atoms with Gasteiger partial charge < -0.3 is 15.0 Å². The number of hydrogen-bond acceptors (Lipinski definition) is 5. The molecule has 2 aliphatic heterocycles. The van der Waals surface area contributed by atoms with Crippen LogP contribution in [0.5, 0.6) is 0 Å². The predicted molar refractivity (Wildman–Crippen MR) is 107 cm³/mol. The van der Waals surface area contributed by atoms with Crippen molar-refractivity contribution in [2.24, 2.45) is 5.92 Å². The van der Waals surface area contributed by atoms with E-state index in [0.29, 0.717) is 12.6 Å². The minimum atomic E-state index is -0.209. The van der Waals surface area contributed by atoms with Crippen molar-refractivity contribution in [2.75, 3.05) is 26.2 Å². The van der Waals surface area contributed by atoms with Crippen LogP contribution in [0.4, 0.5) is 4.79 Å². The fourth-order valence-electron chi connectivity index (χ4n) is 4.08. The van der Waals surface area contributed by atoms with Crippen LogP contribution in [0.15, 0.2) is 24.5 Å². The van der Waals surface area contributed by atoms with E-state index in [9.17, 15) is 9.59 Å². The average molecular weight is 389 g/mol. The maximum absolute atomic E-state index is 12.6. The molecular formula is C21H32N4O3. The van der Waals surface area contributed by atoms with Gasteiger partial charge in [-0.15, -0.1) is 0 Å². The van der Waals surface area contributed by atoms with E-state index in [2.05, 4.69) is 15.2 Å². The second kappa shape index (κ2) is 9.87. The Hall–Kier alpha value is -2.15. The van der Waals surface area contributed by atoms with Crippen molar-refractivity contribution in [2.45, 2.75) is 58.2 Å². The highest BCUT2D eigenvalue weighted by Crippen LogP contribution is 2.24. The molecule has 3 heterocycles. The lowest BCUT2D eigenvalue weighted by molar-refractivity contribution is -0.127. The molecule has 2 aliphatic rings. The third-order valence-corrected chi connectivity index (χ3v) is 5.59. The summed E-state index contributed by atoms with van der Waals surface area (Å²) < 4.78 is 5.30. The summed E-state index contributed by atoms with van der Waals surface area (Å²) in [5.41, 5.74) is 1.02. The fraction of sp³-hybridized carbons (Fsp3) is 0.667. The smallest absolute Gasteiger partial charge is 0.410 e. The Kier molecular flexibility index (Phi) is 7.25. The summed E-state index contributed by atoms with van der Waals surface area (Å²) in [7, 11) is 0. The summed E-state index contributed by atoms with van der Waals surface area (Å²) >= 11 is 0. The van der Waals surface area contributed by atoms with Crippen LogP contribution in [0.1, 0.15) is 45.1 Å². The van der Waals surface area contributed by atoms with Crippen molar-refractivity contribution in [1.82, 2.24) is 20.1 Å². The van der Waals surface area contributed by atoms with Crippen LogP contribution in [0.2, 0.25) is 0 Å². The molecule has 2 saturated heterocycles. The van der Waals surface area contributed by atoms with E-state index in [4.69, 9.17) is 4.74 Å². The van der Waals surface area contributed by atoms with E-state index < -0.39 is 0 Å². The first-order valence-corrected chi connectivity index (χ1v) is 10.4. The molecule has 1 aromatic rings. The third kappa shape index (κ3) is 5.67. The Morgan fingerprint density at radius 3 is 2.71 bits per heavy atom. The van der Waals surface area contributed by atoms with Gasteiger partial charge in [-0.2, -0.15) is 0 Å². The number of nitrogens with zero attached hydrogens (tertiary/aromatic N) is 3. The molecule has 0 spiro atoms. The maximum atomic E-state index is 12.6. The number of likely N-dealkylation sites (tertiary alicyclic amines) is 2. The summed E-state index contributed by atoms with van der Waals surface area (Å²) in [4.78, 5) is 33.0. The van der Waals surface area contributed by atoms with Crippen molar-refractivity contribution < 1.29 is 14.3 Å². The first-order chi connectivity index (χ1) is 13.5. The van der Waals surface area contributed by atoms with Gasteiger partial charge in [0.2, 0.25) is 5.91 Å². The topological polar surface area (TPSA) is 74.8 Å². The number of carbonyl (C=O) groups is 2. The van der Waals surface area contributed by atoms with Gasteiger partial charge in [0.05, 0.1) is 12.0 Å². The molecule has 1 aromatic heterocycles. The molecule has 1 N–H and O–H groups in total. The van der Waals surface area contributed by atoms with Gasteiger partial charge in [0.15, 0.2) is 0 Å². The number of rotatable bonds is 5. The number of amides is 2. The molecule has 2 amide bonds. The maximum Gasteiger partial charge on any atom is 0.410 e. The first kappa shape index (κ1) is 20.6. The Morgan fingerprint density at radius 2 is 2.04 bits per heavy atom. The summed E-state index contributed by atoms with van der Waals surface area (Å²) in [6.07, 6.45) is 7.09. The van der Waals surface area contributed by atoms with Crippen LogP contribution in [0.3, 0.4) is 0 Å². The number of carbonyl (C=O) groups excluding carboxylic acids is 2. The number of nitrogens with one attached hydrogen (secondary N) is 1. The molecular weight excluding hydrogens is 356 g/mol. The highest BCUT2D eigenvalue weighted by Gasteiger charge is 2.32. The Labute approximate surface area is 167 Å². The molecule has 0 radical (unpaired) electrons. The van der Waals surface area contributed by atoms with Gasteiger partial charge in [0.25, 0.3) is 0 Å². The van der Waals surface area contributed by atoms with Crippen molar-refractivity contribution in [3.63, 3.8) is 0 Å². The van der Waals surface area contributed by atoms with Gasteiger partial charge >= 0.3 is 6.09 Å². The van der Waals surface area contributed by atoms with Gasteiger partial charge in [0.1, 0.15) is 0 Å². The van der Waals surface area contributed by atoms with Crippen LogP contribution < -0.4 is 5.32 Å². The van der Waals surface area contributed by atoms with Gasteiger partial charge in [-0.3, -0.25) is 14.7 Å². The number of piperidine rings is 2. The van der Waals surface area contributed by atoms with Crippen molar-refractivity contribution in [1.29, 1.82) is 0 Å². The quantitative estimate of drug-likeness (QED) is 0.838. The van der Waals surface area contributed by atoms with Gasteiger partial charge in [0, 0.05) is 44.6 Å². The molecule has 0 saturated carbocycles. The molecule has 1 atom stereocenters. The minimum Gasteiger partial charge on any atom is -0.447 e. The molecule has 0 aliphatic carbocycles. The van der Waals surface area contributed by atoms with Crippen LogP contribution in [0.25, 0.3) is 0 Å². The molecule has 0 bridgehead atoms. The van der Waals surface area contributed by atoms with Crippen LogP contribution in [-0.2, 0) is 16.1 Å². The van der Waals surface area contributed by atoms with Crippen LogP contribution >= 0.6 is 0 Å². The monoisotopic (exact) mass is 388 g/mol. The molecule has 7 heteroatoms. The van der Waals surface area contributed by atoms with Crippen molar-refractivity contribution >= 4 is 12.0 Å². The minimum absolute atomic E-state index is 0.0364. The van der Waals surface area contributed by atoms with Crippen LogP contribution in [-0.4, -0.2) is 65.1 Å². The normalized spacial score (nSPS) is 21.5. The standard InChI is InChI=1S/C21H32N4O3/c1-16(2)28-21(27)24-11-7-19(8-12-24)25-10-4-6-18(15-25)20(26)23-14-17-5-3-9-22-13-17/h3,5,9,13,16,18-19H,4,6-8,10-12,14-15H2,1-2H3,(H,23,26)/t18-/m1/s1. The molecule has 0 aromatic carbocycles.